The summed E-state index contributed by atoms with van der Waals surface area (Å²) in [5, 5.41) is 17.5. The smallest absolute Gasteiger partial charge is 0.407 e. The fourth-order valence-corrected chi connectivity index (χ4v) is 4.64. The minimum absolute atomic E-state index is 0.0352. The molecule has 0 saturated heterocycles. The second-order valence-corrected chi connectivity index (χ2v) is 11.3. The predicted octanol–water partition coefficient (Wildman–Crippen LogP) is 5.02. The van der Waals surface area contributed by atoms with E-state index in [9.17, 15) is 19.5 Å². The highest BCUT2D eigenvalue weighted by Gasteiger charge is 2.31. The second kappa shape index (κ2) is 16.5. The van der Waals surface area contributed by atoms with Crippen LogP contribution in [-0.2, 0) is 27.2 Å². The van der Waals surface area contributed by atoms with Gasteiger partial charge in [0, 0.05) is 26.1 Å². The zero-order valence-electron chi connectivity index (χ0n) is 23.8. The molecule has 0 saturated carbocycles. The summed E-state index contributed by atoms with van der Waals surface area (Å²) in [5.74, 6) is -0.944. The number of nitrogens with one attached hydrogen (secondary N) is 2. The average molecular weight is 595 g/mol. The first kappa shape index (κ1) is 33.4. The highest BCUT2D eigenvalue weighted by Crippen LogP contribution is 2.24. The molecule has 220 valence electrons. The van der Waals surface area contributed by atoms with Gasteiger partial charge in [-0.1, -0.05) is 73.4 Å². The lowest BCUT2D eigenvalue weighted by molar-refractivity contribution is -0.134. The highest BCUT2D eigenvalue weighted by atomic mass is 35.5. The van der Waals surface area contributed by atoms with Gasteiger partial charge in [-0.05, 0) is 62.3 Å². The van der Waals surface area contributed by atoms with Crippen molar-refractivity contribution >= 4 is 41.1 Å². The van der Waals surface area contributed by atoms with Crippen molar-refractivity contribution in [1.82, 2.24) is 15.5 Å². The zero-order chi connectivity index (χ0) is 29.8. The molecular formula is C30H41Cl2N3O5. The topological polar surface area (TPSA) is 108 Å². The van der Waals surface area contributed by atoms with Gasteiger partial charge in [0.1, 0.15) is 0 Å². The van der Waals surface area contributed by atoms with E-state index in [2.05, 4.69) is 10.6 Å². The summed E-state index contributed by atoms with van der Waals surface area (Å²) in [6.07, 6.45) is -1.66. The van der Waals surface area contributed by atoms with Crippen molar-refractivity contribution < 1.29 is 24.2 Å². The van der Waals surface area contributed by atoms with Crippen LogP contribution in [-0.4, -0.2) is 65.3 Å². The fourth-order valence-electron chi connectivity index (χ4n) is 4.32. The number of carbonyl (C=O) groups excluding carboxylic acids is 3. The van der Waals surface area contributed by atoms with Gasteiger partial charge in [0.2, 0.25) is 5.91 Å². The molecule has 3 amide bonds. The lowest BCUT2D eigenvalue weighted by Crippen LogP contribution is -2.52. The summed E-state index contributed by atoms with van der Waals surface area (Å²) in [6, 6.07) is 14.0. The zero-order valence-corrected chi connectivity index (χ0v) is 25.3. The van der Waals surface area contributed by atoms with Crippen molar-refractivity contribution in [3.63, 3.8) is 0 Å². The number of halogens is 2. The summed E-state index contributed by atoms with van der Waals surface area (Å²) in [4.78, 5) is 39.5. The Morgan fingerprint density at radius 3 is 2.23 bits per heavy atom. The van der Waals surface area contributed by atoms with Gasteiger partial charge in [-0.2, -0.15) is 0 Å². The summed E-state index contributed by atoms with van der Waals surface area (Å²) < 4.78 is 5.50. The Morgan fingerprint density at radius 2 is 1.65 bits per heavy atom. The van der Waals surface area contributed by atoms with Crippen LogP contribution in [0.5, 0.6) is 0 Å². The van der Waals surface area contributed by atoms with Crippen LogP contribution in [0.1, 0.15) is 52.2 Å². The van der Waals surface area contributed by atoms with Gasteiger partial charge in [-0.25, -0.2) is 4.79 Å². The van der Waals surface area contributed by atoms with Gasteiger partial charge >= 0.3 is 6.09 Å². The molecule has 8 nitrogen and oxygen atoms in total. The van der Waals surface area contributed by atoms with Gasteiger partial charge in [-0.15, -0.1) is 0 Å². The molecule has 0 aromatic heterocycles. The summed E-state index contributed by atoms with van der Waals surface area (Å²) >= 11 is 12.3. The molecule has 0 heterocycles. The number of rotatable bonds is 14. The maximum absolute atomic E-state index is 13.4. The van der Waals surface area contributed by atoms with Crippen LogP contribution in [0.3, 0.4) is 0 Å². The van der Waals surface area contributed by atoms with Gasteiger partial charge in [0.25, 0.3) is 5.91 Å². The number of hydrogen-bond donors (Lipinski definition) is 3. The first-order valence-corrected chi connectivity index (χ1v) is 14.3. The molecular weight excluding hydrogens is 553 g/mol. The van der Waals surface area contributed by atoms with Crippen LogP contribution in [0.2, 0.25) is 10.0 Å². The molecule has 0 aliphatic heterocycles. The molecule has 2 aromatic carbocycles. The van der Waals surface area contributed by atoms with Crippen LogP contribution in [0.25, 0.3) is 0 Å². The molecule has 0 radical (unpaired) electrons. The molecule has 3 atom stereocenters. The van der Waals surface area contributed by atoms with E-state index in [0.29, 0.717) is 29.6 Å². The Kier molecular flexibility index (Phi) is 13.7. The molecule has 0 fully saturated rings. The molecule has 2 unspecified atom stereocenters. The van der Waals surface area contributed by atoms with Crippen molar-refractivity contribution in [1.29, 1.82) is 0 Å². The maximum atomic E-state index is 13.4. The molecule has 0 spiro atoms. The Bertz CT molecular complexity index is 1110. The van der Waals surface area contributed by atoms with Gasteiger partial charge in [0.05, 0.1) is 22.2 Å². The van der Waals surface area contributed by atoms with Crippen LogP contribution < -0.4 is 10.6 Å². The van der Waals surface area contributed by atoms with Crippen LogP contribution in [0, 0.1) is 5.92 Å². The first-order valence-electron chi connectivity index (χ1n) is 13.6. The third-order valence-corrected chi connectivity index (χ3v) is 7.29. The van der Waals surface area contributed by atoms with Crippen LogP contribution in [0.4, 0.5) is 4.79 Å². The molecule has 10 heteroatoms. The number of alkyl carbamates (subject to hydrolysis) is 1. The number of nitrogens with zero attached hydrogens (tertiary/aromatic N) is 1. The Labute approximate surface area is 247 Å². The van der Waals surface area contributed by atoms with E-state index >= 15 is 0 Å². The van der Waals surface area contributed by atoms with E-state index < -0.39 is 30.3 Å². The van der Waals surface area contributed by atoms with Crippen molar-refractivity contribution in [2.75, 3.05) is 13.1 Å². The number of aliphatic hydroxyl groups excluding tert-OH is 1. The van der Waals surface area contributed by atoms with Crippen molar-refractivity contribution in [2.24, 2.45) is 5.92 Å². The summed E-state index contributed by atoms with van der Waals surface area (Å²) in [5.41, 5.74) is 1.83. The quantitative estimate of drug-likeness (QED) is 0.285. The summed E-state index contributed by atoms with van der Waals surface area (Å²) in [6.45, 7) is 9.51. The lowest BCUT2D eigenvalue weighted by Gasteiger charge is -2.31. The first-order chi connectivity index (χ1) is 18.9. The molecule has 2 rings (SSSR count). The number of benzene rings is 2. The second-order valence-electron chi connectivity index (χ2n) is 10.5. The molecule has 3 N–H and O–H groups in total. The lowest BCUT2D eigenvalue weighted by atomic mass is 9.97. The summed E-state index contributed by atoms with van der Waals surface area (Å²) in [7, 11) is 0. The van der Waals surface area contributed by atoms with E-state index in [0.717, 1.165) is 11.1 Å². The molecule has 2 aromatic rings. The maximum Gasteiger partial charge on any atom is 0.407 e. The van der Waals surface area contributed by atoms with E-state index in [1.54, 1.807) is 36.9 Å². The largest absolute Gasteiger partial charge is 0.436 e. The van der Waals surface area contributed by atoms with Crippen LogP contribution in [0.15, 0.2) is 48.5 Å². The van der Waals surface area contributed by atoms with Crippen molar-refractivity contribution in [2.45, 2.75) is 78.2 Å². The fraction of sp³-hybridized carbons (Fsp3) is 0.500. The van der Waals surface area contributed by atoms with E-state index in [1.807, 2.05) is 44.2 Å². The van der Waals surface area contributed by atoms with Gasteiger partial charge in [-0.3, -0.25) is 9.59 Å². The number of ether oxygens (including phenoxy) is 1. The van der Waals surface area contributed by atoms with Gasteiger partial charge in [0.15, 0.2) is 6.10 Å². The number of carbonyl (C=O) groups is 3. The Morgan fingerprint density at radius 1 is 0.975 bits per heavy atom. The number of hydrogen-bond acceptors (Lipinski definition) is 5. The van der Waals surface area contributed by atoms with Crippen molar-refractivity contribution in [3.05, 3.63) is 69.7 Å². The van der Waals surface area contributed by atoms with Gasteiger partial charge < -0.3 is 25.4 Å². The number of amides is 3. The molecule has 0 aliphatic carbocycles. The third-order valence-electron chi connectivity index (χ3n) is 6.55. The highest BCUT2D eigenvalue weighted by molar-refractivity contribution is 6.42. The minimum atomic E-state index is -1.08. The third kappa shape index (κ3) is 11.0. The minimum Gasteiger partial charge on any atom is -0.436 e. The monoisotopic (exact) mass is 593 g/mol. The van der Waals surface area contributed by atoms with E-state index in [-0.39, 0.29) is 30.7 Å². The van der Waals surface area contributed by atoms with E-state index in [4.69, 9.17) is 27.9 Å². The normalized spacial score (nSPS) is 13.4. The average Bonchev–Trinajstić information content (AvgIpc) is 2.89. The van der Waals surface area contributed by atoms with Crippen molar-refractivity contribution in [3.8, 4) is 0 Å². The van der Waals surface area contributed by atoms with Crippen LogP contribution >= 0.6 is 23.2 Å². The Balaban J connectivity index is 2.11. The Hall–Kier alpha value is -2.81. The molecule has 40 heavy (non-hydrogen) atoms. The number of aliphatic hydroxyl groups is 1. The standard InChI is InChI=1S/C30H41Cl2N3O5/c1-19(2)28(40-30(39)33-15-13-22-9-7-6-8-10-22)29(38)34-26(18-23-11-12-24(31)25(32)17-23)27(37)14-16-35(20(3)4)21(5)36/h6-12,17,19-20,26-28,37H,13-16,18H2,1-5H3,(H,33,39)(H,34,38)/t26?,27?,28-/m0/s1. The molecule has 0 bridgehead atoms. The SMILES string of the molecule is CC(=O)N(CCC(O)C(Cc1ccc(Cl)c(Cl)c1)NC(=O)[C@@H](OC(=O)NCCc1ccccc1)C(C)C)C(C)C. The van der Waals surface area contributed by atoms with E-state index in [1.165, 1.54) is 6.92 Å². The predicted molar refractivity (Wildman–Crippen MR) is 158 cm³/mol. The molecule has 0 aliphatic rings.